The van der Waals surface area contributed by atoms with E-state index in [4.69, 9.17) is 0 Å². The molecule has 0 saturated heterocycles. The van der Waals surface area contributed by atoms with Gasteiger partial charge >= 0.3 is 0 Å². The summed E-state index contributed by atoms with van der Waals surface area (Å²) in [4.78, 5) is 0. The number of halogens is 1. The molecule has 2 saturated carbocycles. The molecule has 1 heteroatoms. The van der Waals surface area contributed by atoms with Crippen LogP contribution in [0.3, 0.4) is 0 Å². The lowest BCUT2D eigenvalue weighted by Gasteiger charge is -2.48. The maximum Gasteiger partial charge on any atom is 0.00906 e. The van der Waals surface area contributed by atoms with Gasteiger partial charge in [0.25, 0.3) is 0 Å². The fourth-order valence-corrected chi connectivity index (χ4v) is 5.44. The Labute approximate surface area is 122 Å². The lowest BCUT2D eigenvalue weighted by atomic mass is 9.58. The van der Waals surface area contributed by atoms with Crippen molar-refractivity contribution in [3.63, 3.8) is 0 Å². The first kappa shape index (κ1) is 14.9. The van der Waals surface area contributed by atoms with Gasteiger partial charge in [-0.1, -0.05) is 56.0 Å². The van der Waals surface area contributed by atoms with Gasteiger partial charge in [-0.05, 0) is 61.2 Å². The van der Waals surface area contributed by atoms with E-state index in [-0.39, 0.29) is 0 Å². The third-order valence-electron chi connectivity index (χ3n) is 5.94. The van der Waals surface area contributed by atoms with E-state index in [2.05, 4.69) is 36.7 Å². The third-order valence-corrected chi connectivity index (χ3v) is 7.06. The van der Waals surface area contributed by atoms with Crippen LogP contribution < -0.4 is 0 Å². The molecule has 0 radical (unpaired) electrons. The van der Waals surface area contributed by atoms with Gasteiger partial charge in [-0.15, -0.1) is 0 Å². The summed E-state index contributed by atoms with van der Waals surface area (Å²) in [5, 5.41) is 1.25. The summed E-state index contributed by atoms with van der Waals surface area (Å²) in [6, 6.07) is 0. The van der Waals surface area contributed by atoms with Crippen molar-refractivity contribution in [2.45, 2.75) is 78.6 Å². The number of hydrogen-bond acceptors (Lipinski definition) is 0. The Bertz CT molecular complexity index is 249. The predicted molar refractivity (Wildman–Crippen MR) is 84.2 cm³/mol. The van der Waals surface area contributed by atoms with Crippen molar-refractivity contribution < 1.29 is 0 Å². The first-order valence-electron chi connectivity index (χ1n) is 8.04. The highest BCUT2D eigenvalue weighted by Gasteiger charge is 2.43. The molecule has 18 heavy (non-hydrogen) atoms. The molecule has 0 aromatic heterocycles. The van der Waals surface area contributed by atoms with Gasteiger partial charge in [0.2, 0.25) is 0 Å². The summed E-state index contributed by atoms with van der Waals surface area (Å²) in [6.45, 7) is 7.29. The van der Waals surface area contributed by atoms with Crippen LogP contribution in [0.15, 0.2) is 0 Å². The van der Waals surface area contributed by atoms with E-state index in [1.54, 1.807) is 0 Å². The first-order chi connectivity index (χ1) is 8.48. The van der Waals surface area contributed by atoms with Crippen molar-refractivity contribution in [1.29, 1.82) is 0 Å². The molecule has 0 heterocycles. The normalized spacial score (nSPS) is 35.7. The van der Waals surface area contributed by atoms with Crippen molar-refractivity contribution in [3.05, 3.63) is 0 Å². The molecule has 0 N–H and O–H groups in total. The van der Waals surface area contributed by atoms with Crippen LogP contribution in [0.25, 0.3) is 0 Å². The van der Waals surface area contributed by atoms with Crippen LogP contribution in [0.4, 0.5) is 0 Å². The summed E-state index contributed by atoms with van der Waals surface area (Å²) in [5.74, 6) is 1.97. The summed E-state index contributed by atoms with van der Waals surface area (Å²) in [6.07, 6.45) is 13.4. The van der Waals surface area contributed by atoms with Gasteiger partial charge in [-0.25, -0.2) is 0 Å². The van der Waals surface area contributed by atoms with Crippen LogP contribution in [0.5, 0.6) is 0 Å². The molecule has 0 aromatic rings. The second-order valence-electron chi connectivity index (χ2n) is 7.97. The molecule has 0 unspecified atom stereocenters. The Hall–Kier alpha value is 0.480. The van der Waals surface area contributed by atoms with Crippen molar-refractivity contribution in [2.75, 3.05) is 5.33 Å². The lowest BCUT2D eigenvalue weighted by molar-refractivity contribution is 0.0421. The Balaban J connectivity index is 1.99. The van der Waals surface area contributed by atoms with E-state index >= 15 is 0 Å². The molecule has 0 bridgehead atoms. The third kappa shape index (κ3) is 3.14. The Morgan fingerprint density at radius 3 is 1.94 bits per heavy atom. The standard InChI is InChI=1S/C17H31Br/c1-16(2,3)14-9-11-17(13-18,12-10-14)15-7-5-4-6-8-15/h14-15H,4-13H2,1-3H3. The summed E-state index contributed by atoms with van der Waals surface area (Å²) in [7, 11) is 0. The first-order valence-corrected chi connectivity index (χ1v) is 9.16. The van der Waals surface area contributed by atoms with Crippen molar-refractivity contribution in [3.8, 4) is 0 Å². The molecule has 2 aliphatic carbocycles. The van der Waals surface area contributed by atoms with Gasteiger partial charge in [0.1, 0.15) is 0 Å². The zero-order valence-corrected chi connectivity index (χ0v) is 14.2. The molecule has 0 aromatic carbocycles. The van der Waals surface area contributed by atoms with E-state index < -0.39 is 0 Å². The van der Waals surface area contributed by atoms with E-state index in [0.717, 1.165) is 11.8 Å². The smallest absolute Gasteiger partial charge is 0.00906 e. The topological polar surface area (TPSA) is 0 Å². The van der Waals surface area contributed by atoms with Crippen LogP contribution in [0.2, 0.25) is 0 Å². The highest BCUT2D eigenvalue weighted by Crippen LogP contribution is 2.53. The summed E-state index contributed by atoms with van der Waals surface area (Å²) >= 11 is 3.87. The lowest BCUT2D eigenvalue weighted by Crippen LogP contribution is -2.39. The molecular formula is C17H31Br. The molecule has 2 fully saturated rings. The molecule has 0 amide bonds. The van der Waals surface area contributed by atoms with Crippen molar-refractivity contribution >= 4 is 15.9 Å². The molecule has 0 atom stereocenters. The van der Waals surface area contributed by atoms with Gasteiger partial charge in [-0.3, -0.25) is 0 Å². The fourth-order valence-electron chi connectivity index (χ4n) is 4.42. The minimum atomic E-state index is 0.519. The largest absolute Gasteiger partial charge is 0.0922 e. The molecule has 0 nitrogen and oxygen atoms in total. The van der Waals surface area contributed by atoms with Crippen molar-refractivity contribution in [1.82, 2.24) is 0 Å². The minimum absolute atomic E-state index is 0.519. The Morgan fingerprint density at radius 2 is 1.50 bits per heavy atom. The van der Waals surface area contributed by atoms with Crippen LogP contribution in [0.1, 0.15) is 78.6 Å². The summed E-state index contributed by atoms with van der Waals surface area (Å²) in [5.41, 5.74) is 1.17. The number of alkyl halides is 1. The molecule has 0 aliphatic heterocycles. The number of hydrogen-bond donors (Lipinski definition) is 0. The zero-order chi connectivity index (χ0) is 13.2. The van der Waals surface area contributed by atoms with Crippen LogP contribution in [0, 0.1) is 22.7 Å². The van der Waals surface area contributed by atoms with E-state index in [1.807, 2.05) is 0 Å². The Kier molecular flexibility index (Phi) is 4.84. The maximum absolute atomic E-state index is 3.87. The average Bonchev–Trinajstić information content (AvgIpc) is 2.39. The van der Waals surface area contributed by atoms with Gasteiger partial charge in [0.15, 0.2) is 0 Å². The van der Waals surface area contributed by atoms with Crippen LogP contribution in [-0.4, -0.2) is 5.33 Å². The van der Waals surface area contributed by atoms with E-state index in [9.17, 15) is 0 Å². The fraction of sp³-hybridized carbons (Fsp3) is 1.00. The van der Waals surface area contributed by atoms with E-state index in [0.29, 0.717) is 10.8 Å². The zero-order valence-electron chi connectivity index (χ0n) is 12.6. The minimum Gasteiger partial charge on any atom is -0.0922 e. The van der Waals surface area contributed by atoms with Crippen LogP contribution >= 0.6 is 15.9 Å². The monoisotopic (exact) mass is 314 g/mol. The highest BCUT2D eigenvalue weighted by molar-refractivity contribution is 9.09. The van der Waals surface area contributed by atoms with Gasteiger partial charge < -0.3 is 0 Å². The molecule has 2 aliphatic rings. The quantitative estimate of drug-likeness (QED) is 0.533. The maximum atomic E-state index is 3.87. The second kappa shape index (κ2) is 5.85. The van der Waals surface area contributed by atoms with E-state index in [1.165, 1.54) is 63.1 Å². The molecule has 106 valence electrons. The molecule has 0 spiro atoms. The Morgan fingerprint density at radius 1 is 0.944 bits per heavy atom. The van der Waals surface area contributed by atoms with Crippen molar-refractivity contribution in [2.24, 2.45) is 22.7 Å². The molecular weight excluding hydrogens is 284 g/mol. The highest BCUT2D eigenvalue weighted by atomic mass is 79.9. The number of rotatable bonds is 2. The van der Waals surface area contributed by atoms with Gasteiger partial charge in [-0.2, -0.15) is 0 Å². The molecule has 2 rings (SSSR count). The second-order valence-corrected chi connectivity index (χ2v) is 8.53. The average molecular weight is 315 g/mol. The van der Waals surface area contributed by atoms with Gasteiger partial charge in [0.05, 0.1) is 0 Å². The predicted octanol–water partition coefficient (Wildman–Crippen LogP) is 6.18. The van der Waals surface area contributed by atoms with Gasteiger partial charge in [0, 0.05) is 5.33 Å². The summed E-state index contributed by atoms with van der Waals surface area (Å²) < 4.78 is 0. The van der Waals surface area contributed by atoms with Crippen LogP contribution in [-0.2, 0) is 0 Å². The SMILES string of the molecule is CC(C)(C)C1CCC(CBr)(C2CCCCC2)CC1.